The number of fused-ring (bicyclic) bond motifs is 2. The highest BCUT2D eigenvalue weighted by Gasteiger charge is 2.44. The smallest absolute Gasteiger partial charge is 0.251 e. The highest BCUT2D eigenvalue weighted by molar-refractivity contribution is 6.31. The molecule has 0 bridgehead atoms. The van der Waals surface area contributed by atoms with Crippen molar-refractivity contribution in [3.05, 3.63) is 87.7 Å². The summed E-state index contributed by atoms with van der Waals surface area (Å²) in [5.74, 6) is 0.295. The second-order valence-electron chi connectivity index (χ2n) is 8.78. The molecule has 174 valence electrons. The van der Waals surface area contributed by atoms with Crippen LogP contribution in [0.3, 0.4) is 0 Å². The molecule has 2 aliphatic heterocycles. The topological polar surface area (TPSA) is 67.9 Å². The van der Waals surface area contributed by atoms with Crippen molar-refractivity contribution < 1.29 is 23.5 Å². The van der Waals surface area contributed by atoms with Crippen LogP contribution in [0.1, 0.15) is 40.9 Å². The maximum atomic E-state index is 14.5. The molecule has 3 aromatic carbocycles. The number of ether oxygens (including phenoxy) is 2. The van der Waals surface area contributed by atoms with Gasteiger partial charge in [0.25, 0.3) is 5.91 Å². The molecule has 3 aromatic rings. The number of nitrogens with zero attached hydrogens (tertiary/aromatic N) is 1. The molecule has 2 aliphatic rings. The second-order valence-corrected chi connectivity index (χ2v) is 9.19. The Morgan fingerprint density at radius 2 is 1.94 bits per heavy atom. The Labute approximate surface area is 201 Å². The predicted octanol–water partition coefficient (Wildman–Crippen LogP) is 4.96. The summed E-state index contributed by atoms with van der Waals surface area (Å²) in [5.41, 5.74) is 1.95. The molecule has 6 nitrogen and oxygen atoms in total. The van der Waals surface area contributed by atoms with Gasteiger partial charge in [-0.05, 0) is 49.7 Å². The van der Waals surface area contributed by atoms with E-state index in [2.05, 4.69) is 5.32 Å². The monoisotopic (exact) mass is 480 g/mol. The lowest BCUT2D eigenvalue weighted by molar-refractivity contribution is -0.122. The summed E-state index contributed by atoms with van der Waals surface area (Å²) >= 11 is 6.21. The van der Waals surface area contributed by atoms with Crippen LogP contribution in [0.5, 0.6) is 11.5 Å². The quantitative estimate of drug-likeness (QED) is 0.560. The largest absolute Gasteiger partial charge is 0.454 e. The van der Waals surface area contributed by atoms with Crippen LogP contribution in [0.25, 0.3) is 0 Å². The molecule has 2 amide bonds. The summed E-state index contributed by atoms with van der Waals surface area (Å²) in [6, 6.07) is 15.1. The molecule has 0 fully saturated rings. The van der Waals surface area contributed by atoms with E-state index in [0.717, 1.165) is 11.1 Å². The fourth-order valence-corrected chi connectivity index (χ4v) is 4.62. The molecule has 0 radical (unpaired) electrons. The van der Waals surface area contributed by atoms with Crippen molar-refractivity contribution in [1.82, 2.24) is 5.32 Å². The second kappa shape index (κ2) is 8.33. The van der Waals surface area contributed by atoms with Gasteiger partial charge in [-0.3, -0.25) is 9.59 Å². The molecule has 2 heterocycles. The molecule has 0 aromatic heterocycles. The van der Waals surface area contributed by atoms with Gasteiger partial charge >= 0.3 is 0 Å². The number of rotatable bonds is 5. The van der Waals surface area contributed by atoms with Crippen LogP contribution in [0.15, 0.2) is 54.6 Å². The van der Waals surface area contributed by atoms with Crippen LogP contribution < -0.4 is 19.7 Å². The average Bonchev–Trinajstić information content (AvgIpc) is 3.37. The lowest BCUT2D eigenvalue weighted by atomic mass is 9.86. The summed E-state index contributed by atoms with van der Waals surface area (Å²) in [6.45, 7) is 4.00. The molecular weight excluding hydrogens is 459 g/mol. The van der Waals surface area contributed by atoms with Crippen molar-refractivity contribution in [2.45, 2.75) is 32.4 Å². The van der Waals surface area contributed by atoms with Crippen molar-refractivity contribution >= 4 is 29.1 Å². The number of benzene rings is 3. The fraction of sp³-hybridized carbons (Fsp3) is 0.231. The maximum Gasteiger partial charge on any atom is 0.251 e. The van der Waals surface area contributed by atoms with E-state index in [1.54, 1.807) is 24.3 Å². The van der Waals surface area contributed by atoms with Crippen molar-refractivity contribution in [1.29, 1.82) is 0 Å². The molecule has 0 unspecified atom stereocenters. The van der Waals surface area contributed by atoms with Gasteiger partial charge in [0.15, 0.2) is 11.5 Å². The van der Waals surface area contributed by atoms with Gasteiger partial charge in [-0.1, -0.05) is 35.9 Å². The Bertz CT molecular complexity index is 1300. The van der Waals surface area contributed by atoms with E-state index in [1.165, 1.54) is 17.0 Å². The number of hydrogen-bond acceptors (Lipinski definition) is 4. The first-order valence-electron chi connectivity index (χ1n) is 10.8. The summed E-state index contributed by atoms with van der Waals surface area (Å²) in [7, 11) is 0. The van der Waals surface area contributed by atoms with Gasteiger partial charge in [-0.15, -0.1) is 0 Å². The zero-order chi connectivity index (χ0) is 24.0. The summed E-state index contributed by atoms with van der Waals surface area (Å²) in [4.78, 5) is 27.7. The van der Waals surface area contributed by atoms with Crippen molar-refractivity contribution in [3.63, 3.8) is 0 Å². The van der Waals surface area contributed by atoms with Crippen molar-refractivity contribution in [2.24, 2.45) is 0 Å². The van der Waals surface area contributed by atoms with Crippen LogP contribution in [-0.4, -0.2) is 18.6 Å². The molecule has 8 heteroatoms. The van der Waals surface area contributed by atoms with Crippen molar-refractivity contribution in [2.75, 3.05) is 11.7 Å². The van der Waals surface area contributed by atoms with Gasteiger partial charge in [0.2, 0.25) is 12.7 Å². The van der Waals surface area contributed by atoms with E-state index >= 15 is 0 Å². The lowest BCUT2D eigenvalue weighted by Crippen LogP contribution is -2.36. The van der Waals surface area contributed by atoms with Gasteiger partial charge in [-0.25, -0.2) is 4.39 Å². The third-order valence-corrected chi connectivity index (χ3v) is 6.65. The third-order valence-electron chi connectivity index (χ3n) is 6.30. The summed E-state index contributed by atoms with van der Waals surface area (Å²) in [5, 5.41) is 3.14. The number of nitrogens with one attached hydrogen (secondary N) is 1. The number of anilines is 1. The Morgan fingerprint density at radius 1 is 1.15 bits per heavy atom. The summed E-state index contributed by atoms with van der Waals surface area (Å²) < 4.78 is 25.3. The van der Waals surface area contributed by atoms with Gasteiger partial charge in [-0.2, -0.15) is 0 Å². The Hall–Kier alpha value is -3.58. The molecule has 0 spiro atoms. The first-order chi connectivity index (χ1) is 16.3. The molecule has 0 saturated heterocycles. The van der Waals surface area contributed by atoms with E-state index in [4.69, 9.17) is 21.1 Å². The predicted molar refractivity (Wildman–Crippen MR) is 126 cm³/mol. The van der Waals surface area contributed by atoms with Crippen LogP contribution in [0, 0.1) is 5.82 Å². The van der Waals surface area contributed by atoms with Crippen LogP contribution in [0.4, 0.5) is 10.1 Å². The van der Waals surface area contributed by atoms with Crippen LogP contribution >= 0.6 is 11.6 Å². The van der Waals surface area contributed by atoms with E-state index in [-0.39, 0.29) is 42.3 Å². The molecule has 0 atom stereocenters. The normalized spacial score (nSPS) is 15.4. The number of para-hydroxylation sites is 1. The van der Waals surface area contributed by atoms with Gasteiger partial charge in [0.1, 0.15) is 5.82 Å². The van der Waals surface area contributed by atoms with Gasteiger partial charge in [0.05, 0.1) is 12.0 Å². The van der Waals surface area contributed by atoms with Crippen LogP contribution in [-0.2, 0) is 23.3 Å². The molecular formula is C26H22ClFN2O4. The maximum absolute atomic E-state index is 14.5. The summed E-state index contributed by atoms with van der Waals surface area (Å²) in [6.07, 6.45) is 0. The average molecular weight is 481 g/mol. The number of halogens is 2. The minimum atomic E-state index is -0.815. The highest BCUT2D eigenvalue weighted by Crippen LogP contribution is 2.43. The van der Waals surface area contributed by atoms with E-state index < -0.39 is 11.2 Å². The number of carbonyl (C=O) groups excluding carboxylic acids is 2. The number of hydrogen-bond donors (Lipinski definition) is 1. The molecule has 1 N–H and O–H groups in total. The zero-order valence-electron chi connectivity index (χ0n) is 18.7. The Morgan fingerprint density at radius 3 is 2.74 bits per heavy atom. The molecule has 34 heavy (non-hydrogen) atoms. The van der Waals surface area contributed by atoms with E-state index in [9.17, 15) is 14.0 Å². The molecule has 0 aliphatic carbocycles. The van der Waals surface area contributed by atoms with Gasteiger partial charge < -0.3 is 19.7 Å². The standard InChI is InChI=1S/C26H22ClFN2O4/c1-26(2)18-10-9-15(24(31)29-12-16-5-3-8-22-23(16)34-14-33-22)11-21(18)30(25(26)32)13-17-19(27)6-4-7-20(17)28/h3-11H,12-14H2,1-2H3,(H,29,31). The van der Waals surface area contributed by atoms with E-state index in [0.29, 0.717) is 22.7 Å². The van der Waals surface area contributed by atoms with Crippen LogP contribution in [0.2, 0.25) is 5.02 Å². The van der Waals surface area contributed by atoms with E-state index in [1.807, 2.05) is 32.0 Å². The fourth-order valence-electron chi connectivity index (χ4n) is 4.39. The SMILES string of the molecule is CC1(C)C(=O)N(Cc2c(F)cccc2Cl)c2cc(C(=O)NCc3cccc4c3OCO4)ccc21. The van der Waals surface area contributed by atoms with Gasteiger partial charge in [0, 0.05) is 33.9 Å². The Kier molecular flexibility index (Phi) is 5.44. The zero-order valence-corrected chi connectivity index (χ0v) is 19.4. The number of carbonyl (C=O) groups is 2. The lowest BCUT2D eigenvalue weighted by Gasteiger charge is -2.21. The number of amides is 2. The Balaban J connectivity index is 1.42. The van der Waals surface area contributed by atoms with Crippen molar-refractivity contribution in [3.8, 4) is 11.5 Å². The first-order valence-corrected chi connectivity index (χ1v) is 11.2. The highest BCUT2D eigenvalue weighted by atomic mass is 35.5. The molecule has 5 rings (SSSR count). The molecule has 0 saturated carbocycles. The minimum absolute atomic E-state index is 0.0284. The minimum Gasteiger partial charge on any atom is -0.454 e. The first kappa shape index (κ1) is 22.2. The third kappa shape index (κ3) is 3.66.